The number of methoxy groups -OCH3 is 2. The van der Waals surface area contributed by atoms with Crippen LogP contribution in [0.2, 0.25) is 0 Å². The molecular weight excluding hydrogens is 414 g/mol. The average Bonchev–Trinajstić information content (AvgIpc) is 3.14. The fourth-order valence-corrected chi connectivity index (χ4v) is 4.26. The van der Waals surface area contributed by atoms with Crippen molar-refractivity contribution >= 4 is 0 Å². The average molecular weight is 448 g/mol. The highest BCUT2D eigenvalue weighted by atomic mass is 16.5. The van der Waals surface area contributed by atoms with E-state index in [4.69, 9.17) is 19.2 Å². The molecule has 33 heavy (non-hydrogen) atoms. The van der Waals surface area contributed by atoms with Crippen LogP contribution < -0.4 is 19.5 Å². The summed E-state index contributed by atoms with van der Waals surface area (Å²) in [6.45, 7) is 6.42. The molecule has 0 saturated carbocycles. The Morgan fingerprint density at radius 1 is 0.970 bits per heavy atom. The van der Waals surface area contributed by atoms with Gasteiger partial charge in [-0.25, -0.2) is 0 Å². The fraction of sp³-hybridized carbons (Fsp3) is 0.370. The summed E-state index contributed by atoms with van der Waals surface area (Å²) >= 11 is 0. The number of ether oxygens (including phenoxy) is 3. The van der Waals surface area contributed by atoms with Crippen LogP contribution in [0.4, 0.5) is 0 Å². The van der Waals surface area contributed by atoms with Crippen molar-refractivity contribution in [2.45, 2.75) is 26.0 Å². The molecule has 0 aliphatic carbocycles. The van der Waals surface area contributed by atoms with Gasteiger partial charge in [0.25, 0.3) is 0 Å². The quantitative estimate of drug-likeness (QED) is 0.553. The Labute approximate surface area is 196 Å². The number of pyridine rings is 1. The first-order valence-electron chi connectivity index (χ1n) is 11.5. The highest BCUT2D eigenvalue weighted by Crippen LogP contribution is 2.42. The van der Waals surface area contributed by atoms with E-state index in [1.807, 2.05) is 36.5 Å². The van der Waals surface area contributed by atoms with Crippen molar-refractivity contribution in [3.63, 3.8) is 0 Å². The predicted octanol–water partition coefficient (Wildman–Crippen LogP) is 4.37. The predicted molar refractivity (Wildman–Crippen MR) is 130 cm³/mol. The first kappa shape index (κ1) is 23.1. The van der Waals surface area contributed by atoms with Crippen LogP contribution in [0.1, 0.15) is 34.8 Å². The van der Waals surface area contributed by atoms with Gasteiger partial charge in [-0.3, -0.25) is 9.88 Å². The lowest BCUT2D eigenvalue weighted by Crippen LogP contribution is -2.33. The van der Waals surface area contributed by atoms with Gasteiger partial charge in [-0.1, -0.05) is 36.4 Å². The normalized spacial score (nSPS) is 15.5. The molecule has 1 N–H and O–H groups in total. The molecule has 174 valence electrons. The molecule has 2 aromatic carbocycles. The van der Waals surface area contributed by atoms with Gasteiger partial charge in [-0.05, 0) is 54.8 Å². The third-order valence-electron chi connectivity index (χ3n) is 5.98. The van der Waals surface area contributed by atoms with Crippen LogP contribution in [0, 0.1) is 6.92 Å². The number of rotatable bonds is 8. The smallest absolute Gasteiger partial charge is 0.203 e. The van der Waals surface area contributed by atoms with Gasteiger partial charge < -0.3 is 19.5 Å². The van der Waals surface area contributed by atoms with Crippen molar-refractivity contribution in [3.8, 4) is 17.2 Å². The Morgan fingerprint density at radius 2 is 1.73 bits per heavy atom. The summed E-state index contributed by atoms with van der Waals surface area (Å²) in [5, 5.41) is 3.50. The molecule has 1 unspecified atom stereocenters. The molecular formula is C27H33N3O3. The van der Waals surface area contributed by atoms with E-state index in [2.05, 4.69) is 41.4 Å². The number of hydrogen-bond acceptors (Lipinski definition) is 6. The number of benzene rings is 2. The zero-order valence-electron chi connectivity index (χ0n) is 19.7. The zero-order valence-corrected chi connectivity index (χ0v) is 19.7. The summed E-state index contributed by atoms with van der Waals surface area (Å²) in [5.74, 6) is 1.93. The molecule has 1 aliphatic rings. The Morgan fingerprint density at radius 3 is 2.39 bits per heavy atom. The highest BCUT2D eigenvalue weighted by Gasteiger charge is 2.27. The Bertz CT molecular complexity index is 992. The minimum Gasteiger partial charge on any atom is -0.493 e. The van der Waals surface area contributed by atoms with Crippen molar-refractivity contribution in [1.29, 1.82) is 0 Å². The van der Waals surface area contributed by atoms with Crippen LogP contribution in [-0.2, 0) is 6.61 Å². The third kappa shape index (κ3) is 5.64. The number of hydrogen-bond donors (Lipinski definition) is 1. The second kappa shape index (κ2) is 11.2. The van der Waals surface area contributed by atoms with Gasteiger partial charge in [-0.15, -0.1) is 0 Å². The monoisotopic (exact) mass is 447 g/mol. The largest absolute Gasteiger partial charge is 0.493 e. The lowest BCUT2D eigenvalue weighted by molar-refractivity contribution is 0.234. The molecule has 1 saturated heterocycles. The maximum absolute atomic E-state index is 6.17. The minimum atomic E-state index is -0.00327. The summed E-state index contributed by atoms with van der Waals surface area (Å²) in [4.78, 5) is 7.28. The van der Waals surface area contributed by atoms with E-state index in [1.54, 1.807) is 14.2 Å². The van der Waals surface area contributed by atoms with Crippen molar-refractivity contribution in [2.75, 3.05) is 40.4 Å². The van der Waals surface area contributed by atoms with Crippen molar-refractivity contribution in [2.24, 2.45) is 0 Å². The lowest BCUT2D eigenvalue weighted by Gasteiger charge is -2.31. The van der Waals surface area contributed by atoms with Gasteiger partial charge in [0.15, 0.2) is 11.5 Å². The molecule has 6 heteroatoms. The van der Waals surface area contributed by atoms with Crippen LogP contribution in [0.3, 0.4) is 0 Å². The molecule has 0 radical (unpaired) electrons. The molecule has 0 bridgehead atoms. The van der Waals surface area contributed by atoms with Gasteiger partial charge in [0.05, 0.1) is 26.0 Å². The lowest BCUT2D eigenvalue weighted by atomic mass is 9.99. The van der Waals surface area contributed by atoms with Crippen LogP contribution in [0.15, 0.2) is 60.8 Å². The van der Waals surface area contributed by atoms with Gasteiger partial charge >= 0.3 is 0 Å². The minimum absolute atomic E-state index is 0.00327. The molecule has 1 aromatic heterocycles. The standard InChI is InChI=1S/C27H33N3O3/c1-20-10-11-23(29-18-20)26(30-14-7-12-28-13-15-30)22-16-24(31-2)27(25(17-22)32-3)33-19-21-8-5-4-6-9-21/h4-6,8-11,16-18,26,28H,7,12-15,19H2,1-3H3. The van der Waals surface area contributed by atoms with Gasteiger partial charge in [0.2, 0.25) is 5.75 Å². The van der Waals surface area contributed by atoms with E-state index in [1.165, 1.54) is 0 Å². The number of aryl methyl sites for hydroxylation is 1. The summed E-state index contributed by atoms with van der Waals surface area (Å²) < 4.78 is 17.7. The molecule has 1 aliphatic heterocycles. The molecule has 3 aromatic rings. The van der Waals surface area contributed by atoms with Crippen LogP contribution in [0.25, 0.3) is 0 Å². The van der Waals surface area contributed by atoms with Crippen molar-refractivity contribution in [3.05, 3.63) is 83.2 Å². The van der Waals surface area contributed by atoms with Crippen molar-refractivity contribution < 1.29 is 14.2 Å². The van der Waals surface area contributed by atoms with Crippen LogP contribution >= 0.6 is 0 Å². The van der Waals surface area contributed by atoms with Gasteiger partial charge in [0.1, 0.15) is 6.61 Å². The topological polar surface area (TPSA) is 55.9 Å². The molecule has 1 fully saturated rings. The van der Waals surface area contributed by atoms with E-state index in [9.17, 15) is 0 Å². The highest BCUT2D eigenvalue weighted by molar-refractivity contribution is 5.55. The molecule has 4 rings (SSSR count). The third-order valence-corrected chi connectivity index (χ3v) is 5.98. The summed E-state index contributed by atoms with van der Waals surface area (Å²) in [7, 11) is 3.34. The first-order chi connectivity index (χ1) is 16.2. The number of nitrogens with zero attached hydrogens (tertiary/aromatic N) is 2. The second-order valence-electron chi connectivity index (χ2n) is 8.33. The second-order valence-corrected chi connectivity index (χ2v) is 8.33. The van der Waals surface area contributed by atoms with Crippen molar-refractivity contribution in [1.82, 2.24) is 15.2 Å². The van der Waals surface area contributed by atoms with Gasteiger partial charge in [-0.2, -0.15) is 0 Å². The number of aromatic nitrogens is 1. The maximum atomic E-state index is 6.17. The Hall–Kier alpha value is -3.09. The molecule has 2 heterocycles. The van der Waals surface area contributed by atoms with E-state index in [0.717, 1.165) is 55.0 Å². The van der Waals surface area contributed by atoms with Gasteiger partial charge in [0, 0.05) is 25.8 Å². The zero-order chi connectivity index (χ0) is 23.0. The molecule has 0 amide bonds. The first-order valence-corrected chi connectivity index (χ1v) is 11.5. The van der Waals surface area contributed by atoms with E-state index < -0.39 is 0 Å². The SMILES string of the molecule is COc1cc(C(c2ccc(C)cn2)N2CCCNCC2)cc(OC)c1OCc1ccccc1. The Balaban J connectivity index is 1.72. The molecule has 6 nitrogen and oxygen atoms in total. The maximum Gasteiger partial charge on any atom is 0.203 e. The van der Waals surface area contributed by atoms with E-state index in [-0.39, 0.29) is 6.04 Å². The van der Waals surface area contributed by atoms with E-state index >= 15 is 0 Å². The summed E-state index contributed by atoms with van der Waals surface area (Å²) in [5.41, 5.74) is 4.33. The van der Waals surface area contributed by atoms with Crippen LogP contribution in [-0.4, -0.2) is 50.3 Å². The number of nitrogens with one attached hydrogen (secondary N) is 1. The van der Waals surface area contributed by atoms with E-state index in [0.29, 0.717) is 23.9 Å². The molecule has 0 spiro atoms. The fourth-order valence-electron chi connectivity index (χ4n) is 4.26. The Kier molecular flexibility index (Phi) is 7.81. The molecule has 1 atom stereocenters. The summed E-state index contributed by atoms with van der Waals surface area (Å²) in [6, 6.07) is 18.5. The summed E-state index contributed by atoms with van der Waals surface area (Å²) in [6.07, 6.45) is 3.03. The van der Waals surface area contributed by atoms with Crippen LogP contribution in [0.5, 0.6) is 17.2 Å².